The molecule has 330 valence electrons. The van der Waals surface area contributed by atoms with Gasteiger partial charge in [-0.3, -0.25) is 14.5 Å². The van der Waals surface area contributed by atoms with E-state index in [4.69, 9.17) is 28.4 Å². The molecule has 2 heterocycles. The zero-order valence-electron chi connectivity index (χ0n) is 36.8. The zero-order valence-corrected chi connectivity index (χ0v) is 36.8. The number of nitrogens with one attached hydrogen (secondary N) is 3. The fourth-order valence-electron chi connectivity index (χ4n) is 7.19. The maximum atomic E-state index is 14.6. The smallest absolute Gasteiger partial charge is 0.412 e. The summed E-state index contributed by atoms with van der Waals surface area (Å²) in [7, 11) is 1.22. The van der Waals surface area contributed by atoms with Crippen molar-refractivity contribution in [2.45, 2.75) is 136 Å². The van der Waals surface area contributed by atoms with Crippen molar-refractivity contribution in [1.29, 1.82) is 0 Å². The van der Waals surface area contributed by atoms with Gasteiger partial charge in [0.25, 0.3) is 0 Å². The number of rotatable bonds is 10. The lowest BCUT2D eigenvalue weighted by Crippen LogP contribution is -2.57. The third-order valence-corrected chi connectivity index (χ3v) is 9.89. The summed E-state index contributed by atoms with van der Waals surface area (Å²) in [6.45, 7) is 16.1. The Kier molecular flexibility index (Phi) is 14.9. The number of methoxy groups -OCH3 is 1. The van der Waals surface area contributed by atoms with E-state index in [0.29, 0.717) is 22.6 Å². The van der Waals surface area contributed by atoms with Crippen LogP contribution in [0.25, 0.3) is 11.1 Å². The molecule has 4 atom stereocenters. The number of benzene rings is 3. The molecule has 4 bridgehead atoms. The number of hydrogen-bond donors (Lipinski definition) is 3. The Hall–Kier alpha value is -5.83. The molecule has 1 fully saturated rings. The molecule has 4 amide bonds. The average molecular weight is 845 g/mol. The molecule has 0 radical (unpaired) electrons. The molecule has 15 nitrogen and oxygen atoms in total. The third-order valence-electron chi connectivity index (χ3n) is 9.89. The summed E-state index contributed by atoms with van der Waals surface area (Å²) < 4.78 is 35.1. The summed E-state index contributed by atoms with van der Waals surface area (Å²) in [6, 6.07) is 16.6. The number of fused-ring (bicyclic) bond motifs is 5. The number of nitrogens with zero attached hydrogens (tertiary/aromatic N) is 1. The predicted octanol–water partition coefficient (Wildman–Crippen LogP) is 6.23. The van der Waals surface area contributed by atoms with Crippen molar-refractivity contribution in [2.24, 2.45) is 0 Å². The fraction of sp³-hybridized carbons (Fsp3) is 0.500. The van der Waals surface area contributed by atoms with Gasteiger partial charge in [-0.2, -0.15) is 0 Å². The highest BCUT2D eigenvalue weighted by Gasteiger charge is 2.45. The first-order valence-corrected chi connectivity index (χ1v) is 20.6. The van der Waals surface area contributed by atoms with Crippen LogP contribution in [0.2, 0.25) is 0 Å². The van der Waals surface area contributed by atoms with E-state index in [2.05, 4.69) is 16.0 Å². The summed E-state index contributed by atoms with van der Waals surface area (Å²) in [4.78, 5) is 70.7. The minimum Gasteiger partial charge on any atom is -0.491 e. The second kappa shape index (κ2) is 19.7. The van der Waals surface area contributed by atoms with Crippen LogP contribution >= 0.6 is 0 Å². The Morgan fingerprint density at radius 3 is 2.00 bits per heavy atom. The standard InChI is InChI=1S/C46H60N4O11/c1-27(2)58-38-18-16-30-20-32(38)22-35(49-43(54)61-45(5,6)7)40(51)47-36(24-34-25-50(46(8,9)60-34)44(55)57-26-29-14-12-11-13-15-29)41(52)48-37(42(53)56-10)23-33-21-31(30)17-19-39(33)59-28(3)4/h11-21,27-28,34-37H,22-26H2,1-10H3,(H,47,51)(H,48,52)(H,49,54)/t34-,35+,36?,37?/m1/s1. The van der Waals surface area contributed by atoms with Crippen LogP contribution in [0.4, 0.5) is 9.59 Å². The van der Waals surface area contributed by atoms with Gasteiger partial charge in [0.1, 0.15) is 47.6 Å². The molecule has 5 rings (SSSR count). The SMILES string of the molecule is COC(=O)C1Cc2cc(ccc2OC(C)C)-c2ccc(OC(C)C)c(c2)C[C@H](NC(=O)OC(C)(C)C)C(=O)NC(C[C@@H]2CN(C(=O)OCc3ccccc3)C(C)(C)O2)C(=O)N1. The van der Waals surface area contributed by atoms with Crippen LogP contribution in [0.15, 0.2) is 66.7 Å². The summed E-state index contributed by atoms with van der Waals surface area (Å²) in [5, 5.41) is 8.36. The van der Waals surface area contributed by atoms with Gasteiger partial charge in [0, 0.05) is 19.3 Å². The zero-order chi connectivity index (χ0) is 44.6. The van der Waals surface area contributed by atoms with Crippen molar-refractivity contribution < 1.29 is 52.4 Å². The average Bonchev–Trinajstić information content (AvgIpc) is 3.49. The Morgan fingerprint density at radius 1 is 0.852 bits per heavy atom. The first kappa shape index (κ1) is 46.2. The Labute approximate surface area is 358 Å². The Bertz CT molecular complexity index is 2050. The number of esters is 1. The van der Waals surface area contributed by atoms with E-state index in [0.717, 1.165) is 16.7 Å². The molecule has 0 aliphatic carbocycles. The van der Waals surface area contributed by atoms with E-state index < -0.39 is 65.5 Å². The topological polar surface area (TPSA) is 180 Å². The van der Waals surface area contributed by atoms with E-state index in [1.54, 1.807) is 34.6 Å². The highest BCUT2D eigenvalue weighted by Crippen LogP contribution is 2.34. The quantitative estimate of drug-likeness (QED) is 0.156. The highest BCUT2D eigenvalue weighted by molar-refractivity contribution is 5.93. The number of ether oxygens (including phenoxy) is 6. The molecule has 15 heteroatoms. The maximum absolute atomic E-state index is 14.6. The molecular weight excluding hydrogens is 785 g/mol. The van der Waals surface area contributed by atoms with Crippen molar-refractivity contribution in [3.05, 3.63) is 83.4 Å². The second-order valence-corrected chi connectivity index (χ2v) is 17.3. The number of carbonyl (C=O) groups is 5. The summed E-state index contributed by atoms with van der Waals surface area (Å²) >= 11 is 0. The van der Waals surface area contributed by atoms with E-state index in [1.807, 2.05) is 94.4 Å². The van der Waals surface area contributed by atoms with Gasteiger partial charge in [0.15, 0.2) is 0 Å². The molecule has 0 spiro atoms. The Morgan fingerprint density at radius 2 is 1.44 bits per heavy atom. The van der Waals surface area contributed by atoms with Crippen molar-refractivity contribution in [3.8, 4) is 22.6 Å². The van der Waals surface area contributed by atoms with Crippen molar-refractivity contribution >= 4 is 30.0 Å². The number of alkyl carbamates (subject to hydrolysis) is 1. The van der Waals surface area contributed by atoms with E-state index in [1.165, 1.54) is 12.0 Å². The number of amides is 4. The lowest BCUT2D eigenvalue weighted by molar-refractivity contribution is -0.145. The molecule has 0 saturated carbocycles. The van der Waals surface area contributed by atoms with Gasteiger partial charge >= 0.3 is 18.2 Å². The molecule has 61 heavy (non-hydrogen) atoms. The van der Waals surface area contributed by atoms with Crippen LogP contribution in [-0.4, -0.2) is 96.3 Å². The summed E-state index contributed by atoms with van der Waals surface area (Å²) in [6.07, 6.45) is -2.90. The minimum atomic E-state index is -1.34. The van der Waals surface area contributed by atoms with Crippen LogP contribution in [0.5, 0.6) is 11.5 Å². The predicted molar refractivity (Wildman–Crippen MR) is 227 cm³/mol. The lowest BCUT2D eigenvalue weighted by Gasteiger charge is -2.29. The normalized spacial score (nSPS) is 20.4. The highest BCUT2D eigenvalue weighted by atomic mass is 16.6. The van der Waals surface area contributed by atoms with Gasteiger partial charge in [0.2, 0.25) is 11.8 Å². The molecule has 2 aliphatic rings. The first-order chi connectivity index (χ1) is 28.7. The monoisotopic (exact) mass is 844 g/mol. The first-order valence-electron chi connectivity index (χ1n) is 20.6. The molecule has 3 aromatic carbocycles. The fourth-order valence-corrected chi connectivity index (χ4v) is 7.19. The van der Waals surface area contributed by atoms with E-state index >= 15 is 0 Å². The van der Waals surface area contributed by atoms with Gasteiger partial charge < -0.3 is 44.4 Å². The summed E-state index contributed by atoms with van der Waals surface area (Å²) in [5.74, 6) is -1.17. The van der Waals surface area contributed by atoms with Crippen LogP contribution < -0.4 is 25.4 Å². The molecule has 0 aromatic heterocycles. The summed E-state index contributed by atoms with van der Waals surface area (Å²) in [5.41, 5.74) is 1.51. The van der Waals surface area contributed by atoms with E-state index in [-0.39, 0.29) is 44.6 Å². The van der Waals surface area contributed by atoms with Crippen LogP contribution in [0, 0.1) is 0 Å². The molecule has 3 N–H and O–H groups in total. The van der Waals surface area contributed by atoms with Crippen molar-refractivity contribution in [1.82, 2.24) is 20.9 Å². The molecule has 2 aliphatic heterocycles. The largest absolute Gasteiger partial charge is 0.491 e. The van der Waals surface area contributed by atoms with Crippen LogP contribution in [0.3, 0.4) is 0 Å². The van der Waals surface area contributed by atoms with Gasteiger partial charge in [0.05, 0.1) is 32.0 Å². The third kappa shape index (κ3) is 12.8. The van der Waals surface area contributed by atoms with Gasteiger partial charge in [-0.15, -0.1) is 0 Å². The molecule has 2 unspecified atom stereocenters. The van der Waals surface area contributed by atoms with Crippen molar-refractivity contribution in [2.75, 3.05) is 13.7 Å². The van der Waals surface area contributed by atoms with Crippen molar-refractivity contribution in [3.63, 3.8) is 0 Å². The van der Waals surface area contributed by atoms with Gasteiger partial charge in [-0.05, 0) is 114 Å². The molecular formula is C46H60N4O11. The van der Waals surface area contributed by atoms with Gasteiger partial charge in [-0.1, -0.05) is 42.5 Å². The minimum absolute atomic E-state index is 0.0195. The number of hydrogen-bond acceptors (Lipinski definition) is 11. The van der Waals surface area contributed by atoms with E-state index in [9.17, 15) is 24.0 Å². The maximum Gasteiger partial charge on any atom is 0.412 e. The second-order valence-electron chi connectivity index (χ2n) is 17.3. The Balaban J connectivity index is 1.57. The number of carbonyl (C=O) groups excluding carboxylic acids is 5. The van der Waals surface area contributed by atoms with Gasteiger partial charge in [-0.25, -0.2) is 14.4 Å². The molecule has 3 aromatic rings. The van der Waals surface area contributed by atoms with Crippen LogP contribution in [-0.2, 0) is 52.8 Å². The lowest BCUT2D eigenvalue weighted by atomic mass is 9.95. The molecule has 1 saturated heterocycles. The van der Waals surface area contributed by atoms with Crippen LogP contribution in [0.1, 0.15) is 85.4 Å².